The molecule has 0 radical (unpaired) electrons. The molecule has 0 aliphatic carbocycles. The maximum Gasteiger partial charge on any atom is 0.255 e. The lowest BCUT2D eigenvalue weighted by atomic mass is 10.1. The van der Waals surface area contributed by atoms with Gasteiger partial charge in [0.15, 0.2) is 0 Å². The number of benzene rings is 1. The van der Waals surface area contributed by atoms with Crippen LogP contribution < -0.4 is 11.1 Å². The van der Waals surface area contributed by atoms with Gasteiger partial charge in [-0.05, 0) is 43.2 Å². The normalized spacial score (nSPS) is 13.4. The number of hydrogen-bond acceptors (Lipinski definition) is 5. The van der Waals surface area contributed by atoms with Gasteiger partial charge in [0.1, 0.15) is 0 Å². The van der Waals surface area contributed by atoms with Gasteiger partial charge >= 0.3 is 0 Å². The Morgan fingerprint density at radius 2 is 1.82 bits per heavy atom. The molecule has 1 amide bonds. The molecule has 1 atom stereocenters. The molecule has 28 heavy (non-hydrogen) atoms. The summed E-state index contributed by atoms with van der Waals surface area (Å²) in [7, 11) is -2.00. The lowest BCUT2D eigenvalue weighted by molar-refractivity contribution is 0.102. The first kappa shape index (κ1) is 21.7. The molecular weight excluding hydrogens is 376 g/mol. The monoisotopic (exact) mass is 402 g/mol. The molecule has 0 fully saturated rings. The summed E-state index contributed by atoms with van der Waals surface area (Å²) in [6.45, 7) is 3.61. The second kappa shape index (κ2) is 9.59. The molecule has 0 bridgehead atoms. The van der Waals surface area contributed by atoms with Crippen LogP contribution in [0.1, 0.15) is 42.2 Å². The zero-order chi connectivity index (χ0) is 20.7. The number of amides is 1. The second-order valence-corrected chi connectivity index (χ2v) is 8.64. The highest BCUT2D eigenvalue weighted by Gasteiger charge is 2.22. The van der Waals surface area contributed by atoms with Gasteiger partial charge in [-0.25, -0.2) is 8.42 Å². The molecule has 150 valence electrons. The van der Waals surface area contributed by atoms with Crippen LogP contribution in [0.2, 0.25) is 0 Å². The first-order valence-electron chi connectivity index (χ1n) is 8.95. The number of nitrogens with two attached hydrogens (primary N) is 1. The number of carbonyl (C=O) groups is 1. The van der Waals surface area contributed by atoms with Gasteiger partial charge in [0.25, 0.3) is 5.91 Å². The molecule has 1 aromatic carbocycles. The number of rotatable bonds is 8. The summed E-state index contributed by atoms with van der Waals surface area (Å²) in [6.07, 6.45) is 5.51. The van der Waals surface area contributed by atoms with Crippen LogP contribution >= 0.6 is 0 Å². The van der Waals surface area contributed by atoms with Gasteiger partial charge in [0, 0.05) is 43.3 Å². The average molecular weight is 403 g/mol. The molecule has 1 heterocycles. The van der Waals surface area contributed by atoms with Crippen LogP contribution in [0.25, 0.3) is 0 Å². The summed E-state index contributed by atoms with van der Waals surface area (Å²) in [6, 6.07) is 9.71. The zero-order valence-corrected chi connectivity index (χ0v) is 17.1. The number of sulfonamides is 1. The van der Waals surface area contributed by atoms with E-state index in [9.17, 15) is 13.2 Å². The summed E-state index contributed by atoms with van der Waals surface area (Å²) < 4.78 is 26.2. The first-order chi connectivity index (χ1) is 13.3. The molecule has 3 N–H and O–H groups in total. The largest absolute Gasteiger partial charge is 0.323 e. The van der Waals surface area contributed by atoms with Crippen LogP contribution in [-0.4, -0.2) is 37.2 Å². The summed E-state index contributed by atoms with van der Waals surface area (Å²) in [4.78, 5) is 16.5. The third-order valence-corrected chi connectivity index (χ3v) is 6.25. The Morgan fingerprint density at radius 1 is 1.21 bits per heavy atom. The molecule has 2 rings (SSSR count). The molecule has 2 aromatic rings. The molecule has 1 aromatic heterocycles. The maximum atomic E-state index is 12.4. The van der Waals surface area contributed by atoms with Crippen molar-refractivity contribution in [2.24, 2.45) is 5.73 Å². The van der Waals surface area contributed by atoms with E-state index in [1.165, 1.54) is 11.4 Å². The Morgan fingerprint density at radius 3 is 2.39 bits per heavy atom. The predicted octanol–water partition coefficient (Wildman–Crippen LogP) is 2.91. The fourth-order valence-electron chi connectivity index (χ4n) is 2.64. The van der Waals surface area contributed by atoms with Crippen molar-refractivity contribution in [2.45, 2.75) is 26.3 Å². The molecule has 0 spiro atoms. The van der Waals surface area contributed by atoms with Crippen molar-refractivity contribution in [3.8, 4) is 0 Å². The van der Waals surface area contributed by atoms with E-state index in [1.54, 1.807) is 61.8 Å². The van der Waals surface area contributed by atoms with E-state index in [0.29, 0.717) is 22.6 Å². The highest BCUT2D eigenvalue weighted by Crippen LogP contribution is 2.18. The van der Waals surface area contributed by atoms with Crippen LogP contribution in [0.5, 0.6) is 0 Å². The van der Waals surface area contributed by atoms with Gasteiger partial charge in [-0.15, -0.1) is 0 Å². The fraction of sp³-hybridized carbons (Fsp3) is 0.300. The van der Waals surface area contributed by atoms with Gasteiger partial charge < -0.3 is 11.1 Å². The molecule has 0 aliphatic heterocycles. The lowest BCUT2D eigenvalue weighted by Gasteiger charge is -2.22. The molecule has 1 unspecified atom stereocenters. The van der Waals surface area contributed by atoms with Crippen molar-refractivity contribution >= 4 is 21.6 Å². The summed E-state index contributed by atoms with van der Waals surface area (Å²) in [5, 5.41) is 2.78. The van der Waals surface area contributed by atoms with Crippen LogP contribution in [0.4, 0.5) is 5.69 Å². The minimum Gasteiger partial charge on any atom is -0.323 e. The molecule has 7 nitrogen and oxygen atoms in total. The average Bonchev–Trinajstić information content (AvgIpc) is 2.68. The molecule has 0 saturated carbocycles. The van der Waals surface area contributed by atoms with Gasteiger partial charge in [-0.2, -0.15) is 4.31 Å². The summed E-state index contributed by atoms with van der Waals surface area (Å²) in [5.74, 6) is -0.244. The van der Waals surface area contributed by atoms with Crippen LogP contribution in [0.3, 0.4) is 0 Å². The van der Waals surface area contributed by atoms with Crippen LogP contribution in [0.15, 0.2) is 59.8 Å². The lowest BCUT2D eigenvalue weighted by Crippen LogP contribution is -2.34. The SMILES string of the molecule is CC/C=C(\C)S(=O)(=O)N(C)CC(N)c1ccc(C(=O)Nc2ccncc2)cc1. The minimum absolute atomic E-state index is 0.139. The molecule has 0 saturated heterocycles. The minimum atomic E-state index is -3.52. The summed E-state index contributed by atoms with van der Waals surface area (Å²) in [5.41, 5.74) is 8.07. The third kappa shape index (κ3) is 5.48. The molecule has 0 aliphatic rings. The number of hydrogen-bond donors (Lipinski definition) is 2. The van der Waals surface area contributed by atoms with Crippen molar-refractivity contribution < 1.29 is 13.2 Å². The molecular formula is C20H26N4O3S. The van der Waals surface area contributed by atoms with E-state index in [4.69, 9.17) is 5.73 Å². The van der Waals surface area contributed by atoms with E-state index < -0.39 is 16.1 Å². The number of nitrogens with zero attached hydrogens (tertiary/aromatic N) is 2. The maximum absolute atomic E-state index is 12.4. The van der Waals surface area contributed by atoms with E-state index in [2.05, 4.69) is 10.3 Å². The van der Waals surface area contributed by atoms with Crippen LogP contribution in [-0.2, 0) is 10.0 Å². The second-order valence-electron chi connectivity index (χ2n) is 6.43. The Labute approximate surface area is 166 Å². The molecule has 8 heteroatoms. The number of nitrogens with one attached hydrogen (secondary N) is 1. The van der Waals surface area contributed by atoms with Crippen molar-refractivity contribution in [3.63, 3.8) is 0 Å². The van der Waals surface area contributed by atoms with Crippen molar-refractivity contribution in [1.29, 1.82) is 0 Å². The number of aromatic nitrogens is 1. The Bertz CT molecular complexity index is 926. The third-order valence-electron chi connectivity index (χ3n) is 4.30. The van der Waals surface area contributed by atoms with Gasteiger partial charge in [0.05, 0.1) is 4.91 Å². The number of anilines is 1. The zero-order valence-electron chi connectivity index (χ0n) is 16.3. The van der Waals surface area contributed by atoms with Gasteiger partial charge in [-0.1, -0.05) is 25.1 Å². The van der Waals surface area contributed by atoms with Gasteiger partial charge in [-0.3, -0.25) is 9.78 Å². The fourth-order valence-corrected chi connectivity index (χ4v) is 3.87. The van der Waals surface area contributed by atoms with E-state index in [-0.39, 0.29) is 12.5 Å². The first-order valence-corrected chi connectivity index (χ1v) is 10.4. The van der Waals surface area contributed by atoms with E-state index in [1.807, 2.05) is 6.92 Å². The predicted molar refractivity (Wildman–Crippen MR) is 111 cm³/mol. The highest BCUT2D eigenvalue weighted by molar-refractivity contribution is 7.92. The van der Waals surface area contributed by atoms with Gasteiger partial charge in [0.2, 0.25) is 10.0 Å². The van der Waals surface area contributed by atoms with Crippen molar-refractivity contribution in [2.75, 3.05) is 18.9 Å². The Balaban J connectivity index is 2.04. The summed E-state index contributed by atoms with van der Waals surface area (Å²) >= 11 is 0. The van der Waals surface area contributed by atoms with Crippen LogP contribution in [0, 0.1) is 0 Å². The van der Waals surface area contributed by atoms with E-state index in [0.717, 1.165) is 5.56 Å². The smallest absolute Gasteiger partial charge is 0.255 e. The Hall–Kier alpha value is -2.55. The number of likely N-dealkylation sites (N-methyl/N-ethyl adjacent to an activating group) is 1. The topological polar surface area (TPSA) is 105 Å². The number of carbonyl (C=O) groups excluding carboxylic acids is 1. The van der Waals surface area contributed by atoms with Crippen molar-refractivity contribution in [1.82, 2.24) is 9.29 Å². The highest BCUT2D eigenvalue weighted by atomic mass is 32.2. The van der Waals surface area contributed by atoms with Crippen molar-refractivity contribution in [3.05, 3.63) is 70.9 Å². The van der Waals surface area contributed by atoms with E-state index >= 15 is 0 Å². The standard InChI is InChI=1S/C20H26N4O3S/c1-4-5-15(2)28(26,27)24(3)14-19(21)16-6-8-17(9-7-16)20(25)23-18-10-12-22-13-11-18/h5-13,19H,4,14,21H2,1-3H3,(H,22,23,25)/b15-5+. The Kier molecular flexibility index (Phi) is 7.45. The number of allylic oxidation sites excluding steroid dienone is 2. The quantitative estimate of drug-likeness (QED) is 0.706. The number of pyridine rings is 1.